The van der Waals surface area contributed by atoms with Crippen LogP contribution in [0.1, 0.15) is 44.8 Å². The van der Waals surface area contributed by atoms with Crippen LogP contribution in [0.15, 0.2) is 6.20 Å². The highest BCUT2D eigenvalue weighted by Gasteiger charge is 2.10. The first kappa shape index (κ1) is 13.6. The van der Waals surface area contributed by atoms with Gasteiger partial charge in [-0.15, -0.1) is 5.10 Å². The first-order valence-corrected chi connectivity index (χ1v) is 6.09. The fraction of sp³-hybridized carbons (Fsp3) is 0.727. The second kappa shape index (κ2) is 7.01. The number of aromatic nitrogens is 3. The number of nitrogens with two attached hydrogens (primary N) is 1. The van der Waals surface area contributed by atoms with Gasteiger partial charge in [0.25, 0.3) is 0 Å². The van der Waals surface area contributed by atoms with E-state index in [1.165, 1.54) is 4.68 Å². The molecular formula is C11H21N5O. The van der Waals surface area contributed by atoms with Gasteiger partial charge in [-0.25, -0.2) is 4.68 Å². The van der Waals surface area contributed by atoms with Crippen LogP contribution < -0.4 is 11.1 Å². The molecule has 0 aliphatic heterocycles. The summed E-state index contributed by atoms with van der Waals surface area (Å²) in [4.78, 5) is 11.4. The van der Waals surface area contributed by atoms with E-state index >= 15 is 0 Å². The summed E-state index contributed by atoms with van der Waals surface area (Å²) >= 11 is 0. The van der Waals surface area contributed by atoms with Crippen molar-refractivity contribution in [1.29, 1.82) is 0 Å². The van der Waals surface area contributed by atoms with E-state index in [1.807, 2.05) is 6.92 Å². The fourth-order valence-electron chi connectivity index (χ4n) is 1.49. The smallest absolute Gasteiger partial charge is 0.241 e. The van der Waals surface area contributed by atoms with Crippen molar-refractivity contribution in [2.24, 2.45) is 5.73 Å². The minimum Gasteiger partial charge on any atom is -0.355 e. The summed E-state index contributed by atoms with van der Waals surface area (Å²) in [7, 11) is 0. The van der Waals surface area contributed by atoms with Crippen LogP contribution in [0.25, 0.3) is 0 Å². The summed E-state index contributed by atoms with van der Waals surface area (Å²) in [6, 6.07) is -0.0903. The van der Waals surface area contributed by atoms with Gasteiger partial charge in [-0.05, 0) is 12.8 Å². The van der Waals surface area contributed by atoms with Crippen molar-refractivity contribution in [2.45, 2.75) is 45.7 Å². The zero-order chi connectivity index (χ0) is 12.7. The van der Waals surface area contributed by atoms with Gasteiger partial charge in [0.1, 0.15) is 6.54 Å². The van der Waals surface area contributed by atoms with Crippen molar-refractivity contribution in [3.05, 3.63) is 11.9 Å². The van der Waals surface area contributed by atoms with Crippen LogP contribution in [0, 0.1) is 0 Å². The Kier molecular flexibility index (Phi) is 5.62. The predicted octanol–water partition coefficient (Wildman–Crippen LogP) is 0.604. The van der Waals surface area contributed by atoms with Crippen LogP contribution in [-0.4, -0.2) is 27.4 Å². The molecule has 1 aromatic rings. The standard InChI is InChI=1S/C11H21N5O/c1-3-5-9(12)10-7-16(15-14-10)8-11(17)13-6-4-2/h7,9H,3-6,8,12H2,1-2H3,(H,13,17). The van der Waals surface area contributed by atoms with Crippen LogP contribution in [0.3, 0.4) is 0 Å². The van der Waals surface area contributed by atoms with Crippen molar-refractivity contribution >= 4 is 5.91 Å². The van der Waals surface area contributed by atoms with Crippen molar-refractivity contribution < 1.29 is 4.79 Å². The van der Waals surface area contributed by atoms with E-state index in [9.17, 15) is 4.79 Å². The van der Waals surface area contributed by atoms with E-state index in [4.69, 9.17) is 5.73 Å². The summed E-state index contributed by atoms with van der Waals surface area (Å²) < 4.78 is 1.52. The SMILES string of the molecule is CCCNC(=O)Cn1cc(C(N)CCC)nn1. The number of carbonyl (C=O) groups is 1. The number of nitrogens with zero attached hydrogens (tertiary/aromatic N) is 3. The number of carbonyl (C=O) groups excluding carboxylic acids is 1. The lowest BCUT2D eigenvalue weighted by molar-refractivity contribution is -0.121. The van der Waals surface area contributed by atoms with E-state index in [0.717, 1.165) is 25.0 Å². The molecule has 1 unspecified atom stereocenters. The van der Waals surface area contributed by atoms with Gasteiger partial charge >= 0.3 is 0 Å². The topological polar surface area (TPSA) is 85.8 Å². The molecule has 1 amide bonds. The molecule has 96 valence electrons. The number of hydrogen-bond donors (Lipinski definition) is 2. The molecule has 1 aromatic heterocycles. The Bertz CT molecular complexity index is 349. The molecule has 17 heavy (non-hydrogen) atoms. The van der Waals surface area contributed by atoms with Gasteiger partial charge in [0.2, 0.25) is 5.91 Å². The van der Waals surface area contributed by atoms with Crippen LogP contribution in [0.2, 0.25) is 0 Å². The van der Waals surface area contributed by atoms with E-state index in [1.54, 1.807) is 6.20 Å². The maximum atomic E-state index is 11.4. The van der Waals surface area contributed by atoms with Gasteiger partial charge in [0.15, 0.2) is 0 Å². The largest absolute Gasteiger partial charge is 0.355 e. The number of amides is 1. The minimum atomic E-state index is -0.0903. The first-order chi connectivity index (χ1) is 8.17. The molecule has 6 nitrogen and oxygen atoms in total. The molecule has 1 rings (SSSR count). The Morgan fingerprint density at radius 1 is 1.53 bits per heavy atom. The summed E-state index contributed by atoms with van der Waals surface area (Å²) in [6.45, 7) is 4.97. The lowest BCUT2D eigenvalue weighted by atomic mass is 10.1. The van der Waals surface area contributed by atoms with Gasteiger partial charge in [-0.3, -0.25) is 4.79 Å². The zero-order valence-corrected chi connectivity index (χ0v) is 10.5. The Labute approximate surface area is 102 Å². The van der Waals surface area contributed by atoms with E-state index in [0.29, 0.717) is 6.54 Å². The van der Waals surface area contributed by atoms with E-state index in [-0.39, 0.29) is 18.5 Å². The predicted molar refractivity (Wildman–Crippen MR) is 65.2 cm³/mol. The summed E-state index contributed by atoms with van der Waals surface area (Å²) in [5.74, 6) is -0.0487. The fourth-order valence-corrected chi connectivity index (χ4v) is 1.49. The summed E-state index contributed by atoms with van der Waals surface area (Å²) in [5.41, 5.74) is 6.66. The highest BCUT2D eigenvalue weighted by Crippen LogP contribution is 2.11. The molecule has 0 aliphatic rings. The molecule has 6 heteroatoms. The monoisotopic (exact) mass is 239 g/mol. The molecule has 0 saturated heterocycles. The molecule has 0 saturated carbocycles. The van der Waals surface area contributed by atoms with Crippen molar-refractivity contribution in [1.82, 2.24) is 20.3 Å². The third kappa shape index (κ3) is 4.52. The second-order valence-electron chi connectivity index (χ2n) is 4.09. The molecule has 1 heterocycles. The van der Waals surface area contributed by atoms with Crippen LogP contribution in [-0.2, 0) is 11.3 Å². The van der Waals surface area contributed by atoms with Gasteiger partial charge in [0.05, 0.1) is 17.9 Å². The molecule has 1 atom stereocenters. The molecule has 0 fully saturated rings. The number of nitrogens with one attached hydrogen (secondary N) is 1. The Morgan fingerprint density at radius 3 is 2.94 bits per heavy atom. The van der Waals surface area contributed by atoms with Crippen molar-refractivity contribution in [3.63, 3.8) is 0 Å². The number of rotatable bonds is 7. The third-order valence-electron chi connectivity index (χ3n) is 2.41. The normalized spacial score (nSPS) is 12.4. The third-order valence-corrected chi connectivity index (χ3v) is 2.41. The first-order valence-electron chi connectivity index (χ1n) is 6.09. The van der Waals surface area contributed by atoms with Gasteiger partial charge in [0, 0.05) is 6.54 Å². The lowest BCUT2D eigenvalue weighted by Crippen LogP contribution is -2.28. The van der Waals surface area contributed by atoms with Crippen molar-refractivity contribution in [3.8, 4) is 0 Å². The molecule has 3 N–H and O–H groups in total. The molecule has 0 radical (unpaired) electrons. The Morgan fingerprint density at radius 2 is 2.29 bits per heavy atom. The van der Waals surface area contributed by atoms with Gasteiger partial charge in [-0.2, -0.15) is 0 Å². The van der Waals surface area contributed by atoms with E-state index < -0.39 is 0 Å². The van der Waals surface area contributed by atoms with Gasteiger partial charge < -0.3 is 11.1 Å². The highest BCUT2D eigenvalue weighted by atomic mass is 16.2. The molecule has 0 aliphatic carbocycles. The van der Waals surface area contributed by atoms with Gasteiger partial charge in [-0.1, -0.05) is 25.5 Å². The minimum absolute atomic E-state index is 0.0487. The number of hydrogen-bond acceptors (Lipinski definition) is 4. The Hall–Kier alpha value is -1.43. The van der Waals surface area contributed by atoms with Crippen LogP contribution in [0.5, 0.6) is 0 Å². The average Bonchev–Trinajstić information content (AvgIpc) is 2.75. The summed E-state index contributed by atoms with van der Waals surface area (Å²) in [6.07, 6.45) is 4.55. The maximum Gasteiger partial charge on any atom is 0.241 e. The maximum absolute atomic E-state index is 11.4. The summed E-state index contributed by atoms with van der Waals surface area (Å²) in [5, 5.41) is 10.7. The highest BCUT2D eigenvalue weighted by molar-refractivity contribution is 5.75. The second-order valence-corrected chi connectivity index (χ2v) is 4.09. The quantitative estimate of drug-likeness (QED) is 0.729. The molecule has 0 spiro atoms. The average molecular weight is 239 g/mol. The van der Waals surface area contributed by atoms with Crippen LogP contribution >= 0.6 is 0 Å². The Balaban J connectivity index is 2.47. The van der Waals surface area contributed by atoms with Crippen molar-refractivity contribution in [2.75, 3.05) is 6.54 Å². The zero-order valence-electron chi connectivity index (χ0n) is 10.5. The molecular weight excluding hydrogens is 218 g/mol. The lowest BCUT2D eigenvalue weighted by Gasteiger charge is -2.04. The molecule has 0 bridgehead atoms. The molecule has 0 aromatic carbocycles. The van der Waals surface area contributed by atoms with E-state index in [2.05, 4.69) is 22.6 Å². The van der Waals surface area contributed by atoms with Crippen LogP contribution in [0.4, 0.5) is 0 Å².